The summed E-state index contributed by atoms with van der Waals surface area (Å²) in [5.41, 5.74) is 4.21. The van der Waals surface area contributed by atoms with Crippen LogP contribution in [0.1, 0.15) is 61.6 Å². The van der Waals surface area contributed by atoms with E-state index in [1.54, 1.807) is 12.1 Å². The average molecular weight is 632 g/mol. The van der Waals surface area contributed by atoms with Crippen LogP contribution in [0.4, 0.5) is 5.13 Å². The number of carbonyl (C=O) groups is 2. The lowest BCUT2D eigenvalue weighted by atomic mass is 9.85. The summed E-state index contributed by atoms with van der Waals surface area (Å²) in [5, 5.41) is 21.2. The standard InChI is InChI=1S/C33H30ClN3O4S2/c1-18-15-22-16-21(9-14-25(22)41-18)28(38)26-27(20-7-10-23(11-8-20)33(2,3)4)37(30(40)29(26)39)31-35-36-32(43-31)42-17-19-5-12-24(34)13-6-19/h5-14,16,18,27,38H,15,17H2,1-4H3/b28-26+. The van der Waals surface area contributed by atoms with Crippen LogP contribution in [-0.4, -0.2) is 33.1 Å². The molecular formula is C33H30ClN3O4S2. The van der Waals surface area contributed by atoms with Gasteiger partial charge in [0.1, 0.15) is 17.6 Å². The van der Waals surface area contributed by atoms with Crippen LogP contribution in [0.5, 0.6) is 5.75 Å². The van der Waals surface area contributed by atoms with E-state index in [4.69, 9.17) is 16.3 Å². The second-order valence-electron chi connectivity index (χ2n) is 11.8. The number of ether oxygens (including phenoxy) is 1. The number of hydrogen-bond acceptors (Lipinski definition) is 8. The number of aromatic nitrogens is 2. The van der Waals surface area contributed by atoms with Crippen LogP contribution >= 0.6 is 34.7 Å². The van der Waals surface area contributed by atoms with Gasteiger partial charge in [-0.25, -0.2) is 0 Å². The van der Waals surface area contributed by atoms with Crippen molar-refractivity contribution in [2.24, 2.45) is 0 Å². The van der Waals surface area contributed by atoms with Crippen molar-refractivity contribution in [1.82, 2.24) is 10.2 Å². The molecule has 0 radical (unpaired) electrons. The van der Waals surface area contributed by atoms with Gasteiger partial charge in [-0.15, -0.1) is 10.2 Å². The molecule has 1 amide bonds. The highest BCUT2D eigenvalue weighted by molar-refractivity contribution is 8.00. The zero-order valence-electron chi connectivity index (χ0n) is 24.1. The van der Waals surface area contributed by atoms with Crippen LogP contribution in [0.25, 0.3) is 5.76 Å². The fourth-order valence-corrected chi connectivity index (χ4v) is 7.27. The summed E-state index contributed by atoms with van der Waals surface area (Å²) in [7, 11) is 0. The number of aliphatic hydroxyl groups is 1. The zero-order chi connectivity index (χ0) is 30.5. The average Bonchev–Trinajstić information content (AvgIpc) is 3.67. The number of ketones is 1. The smallest absolute Gasteiger partial charge is 0.301 e. The summed E-state index contributed by atoms with van der Waals surface area (Å²) in [6.07, 6.45) is 0.729. The number of carbonyl (C=O) groups excluding carboxylic acids is 2. The number of thioether (sulfide) groups is 1. The number of hydrogen-bond donors (Lipinski definition) is 1. The van der Waals surface area contributed by atoms with Crippen molar-refractivity contribution >= 4 is 57.3 Å². The van der Waals surface area contributed by atoms with Gasteiger partial charge in [-0.1, -0.05) is 91.9 Å². The first kappa shape index (κ1) is 29.4. The van der Waals surface area contributed by atoms with Crippen LogP contribution < -0.4 is 9.64 Å². The molecular weight excluding hydrogens is 602 g/mol. The summed E-state index contributed by atoms with van der Waals surface area (Å²) in [6.45, 7) is 8.35. The van der Waals surface area contributed by atoms with Gasteiger partial charge in [-0.05, 0) is 64.9 Å². The highest BCUT2D eigenvalue weighted by Crippen LogP contribution is 2.45. The third kappa shape index (κ3) is 5.81. The van der Waals surface area contributed by atoms with Gasteiger partial charge in [-0.2, -0.15) is 0 Å². The van der Waals surface area contributed by atoms with Gasteiger partial charge in [-0.3, -0.25) is 14.5 Å². The molecule has 2 aliphatic heterocycles. The van der Waals surface area contributed by atoms with Crippen molar-refractivity contribution in [3.05, 3.63) is 105 Å². The lowest BCUT2D eigenvalue weighted by molar-refractivity contribution is -0.132. The van der Waals surface area contributed by atoms with Crippen molar-refractivity contribution in [2.45, 2.75) is 61.8 Å². The molecule has 6 rings (SSSR count). The Morgan fingerprint density at radius 1 is 1.07 bits per heavy atom. The zero-order valence-corrected chi connectivity index (χ0v) is 26.5. The molecule has 2 atom stereocenters. The predicted octanol–water partition coefficient (Wildman–Crippen LogP) is 7.73. The minimum absolute atomic E-state index is 0.0194. The number of amides is 1. The largest absolute Gasteiger partial charge is 0.507 e. The Hall–Kier alpha value is -3.66. The lowest BCUT2D eigenvalue weighted by Crippen LogP contribution is -2.29. The lowest BCUT2D eigenvalue weighted by Gasteiger charge is -2.24. The number of anilines is 1. The van der Waals surface area contributed by atoms with E-state index in [-0.39, 0.29) is 22.9 Å². The second-order valence-corrected chi connectivity index (χ2v) is 14.4. The maximum absolute atomic E-state index is 13.7. The Labute approximate surface area is 263 Å². The van der Waals surface area contributed by atoms with E-state index in [9.17, 15) is 14.7 Å². The molecule has 0 bridgehead atoms. The predicted molar refractivity (Wildman–Crippen MR) is 171 cm³/mol. The SMILES string of the molecule is CC1Cc2cc(/C(O)=C3\C(=O)C(=O)N(c4nnc(SCc5ccc(Cl)cc5)s4)C3c3ccc(C(C)(C)C)cc3)ccc2O1. The van der Waals surface area contributed by atoms with Crippen molar-refractivity contribution < 1.29 is 19.4 Å². The number of Topliss-reactive ketones (excluding diaryl/α,β-unsaturated/α-hetero) is 1. The maximum Gasteiger partial charge on any atom is 0.301 e. The molecule has 3 aromatic carbocycles. The van der Waals surface area contributed by atoms with Crippen LogP contribution in [0.15, 0.2) is 76.6 Å². The summed E-state index contributed by atoms with van der Waals surface area (Å²) in [6, 6.07) is 19.8. The molecule has 1 fully saturated rings. The molecule has 10 heteroatoms. The second kappa shape index (κ2) is 11.4. The van der Waals surface area contributed by atoms with Crippen LogP contribution in [0.2, 0.25) is 5.02 Å². The van der Waals surface area contributed by atoms with E-state index in [2.05, 4.69) is 31.0 Å². The van der Waals surface area contributed by atoms with Crippen molar-refractivity contribution in [1.29, 1.82) is 0 Å². The van der Waals surface area contributed by atoms with Crippen molar-refractivity contribution in [3.8, 4) is 5.75 Å². The van der Waals surface area contributed by atoms with E-state index in [1.807, 2.05) is 61.5 Å². The van der Waals surface area contributed by atoms with Gasteiger partial charge >= 0.3 is 5.91 Å². The molecule has 1 saturated heterocycles. The Morgan fingerprint density at radius 2 is 1.79 bits per heavy atom. The van der Waals surface area contributed by atoms with E-state index in [0.29, 0.717) is 37.8 Å². The highest BCUT2D eigenvalue weighted by atomic mass is 35.5. The Morgan fingerprint density at radius 3 is 2.49 bits per heavy atom. The monoisotopic (exact) mass is 631 g/mol. The number of aliphatic hydroxyl groups excluding tert-OH is 1. The van der Waals surface area contributed by atoms with Gasteiger partial charge in [0.15, 0.2) is 4.34 Å². The first-order chi connectivity index (χ1) is 20.5. The summed E-state index contributed by atoms with van der Waals surface area (Å²) >= 11 is 8.73. The molecule has 220 valence electrons. The van der Waals surface area contributed by atoms with Gasteiger partial charge in [0.2, 0.25) is 5.13 Å². The molecule has 2 aliphatic rings. The van der Waals surface area contributed by atoms with Gasteiger partial charge < -0.3 is 9.84 Å². The Bertz CT molecular complexity index is 1740. The molecule has 0 spiro atoms. The fourth-order valence-electron chi connectivity index (χ4n) is 5.32. The molecule has 1 aromatic heterocycles. The van der Waals surface area contributed by atoms with E-state index in [1.165, 1.54) is 28.0 Å². The summed E-state index contributed by atoms with van der Waals surface area (Å²) in [4.78, 5) is 28.7. The van der Waals surface area contributed by atoms with Crippen molar-refractivity contribution in [2.75, 3.05) is 4.90 Å². The molecule has 43 heavy (non-hydrogen) atoms. The first-order valence-electron chi connectivity index (χ1n) is 13.9. The van der Waals surface area contributed by atoms with Crippen LogP contribution in [0, 0.1) is 0 Å². The number of fused-ring (bicyclic) bond motifs is 1. The highest BCUT2D eigenvalue weighted by Gasteiger charge is 2.48. The first-order valence-corrected chi connectivity index (χ1v) is 16.1. The van der Waals surface area contributed by atoms with E-state index < -0.39 is 17.7 Å². The molecule has 4 aromatic rings. The molecule has 1 N–H and O–H groups in total. The van der Waals surface area contributed by atoms with Gasteiger partial charge in [0.05, 0.1) is 11.6 Å². The van der Waals surface area contributed by atoms with E-state index >= 15 is 0 Å². The number of rotatable bonds is 6. The molecule has 3 heterocycles. The third-order valence-corrected chi connectivity index (χ3v) is 9.96. The van der Waals surface area contributed by atoms with Gasteiger partial charge in [0, 0.05) is 22.8 Å². The quantitative estimate of drug-likeness (QED) is 0.0765. The Balaban J connectivity index is 1.39. The van der Waals surface area contributed by atoms with Gasteiger partial charge in [0.25, 0.3) is 5.78 Å². The number of benzene rings is 3. The molecule has 2 unspecified atom stereocenters. The van der Waals surface area contributed by atoms with Crippen LogP contribution in [0.3, 0.4) is 0 Å². The topological polar surface area (TPSA) is 92.6 Å². The van der Waals surface area contributed by atoms with E-state index in [0.717, 1.165) is 22.4 Å². The summed E-state index contributed by atoms with van der Waals surface area (Å²) < 4.78 is 6.47. The summed E-state index contributed by atoms with van der Waals surface area (Å²) in [5.74, 6) is -0.345. The molecule has 0 saturated carbocycles. The molecule has 7 nitrogen and oxygen atoms in total. The third-order valence-electron chi connectivity index (χ3n) is 7.58. The minimum atomic E-state index is -0.875. The van der Waals surface area contributed by atoms with Crippen molar-refractivity contribution in [3.63, 3.8) is 0 Å². The van der Waals surface area contributed by atoms with Crippen LogP contribution in [-0.2, 0) is 27.2 Å². The number of nitrogens with zero attached hydrogens (tertiary/aromatic N) is 3. The minimum Gasteiger partial charge on any atom is -0.507 e. The normalized spacial score (nSPS) is 19.5. The Kier molecular flexibility index (Phi) is 7.83. The fraction of sp³-hybridized carbons (Fsp3) is 0.273. The molecule has 0 aliphatic carbocycles. The number of halogens is 1. The maximum atomic E-state index is 13.7.